The van der Waals surface area contributed by atoms with Gasteiger partial charge < -0.3 is 9.47 Å². The number of fused-ring (bicyclic) bond motifs is 2. The van der Waals surface area contributed by atoms with Crippen molar-refractivity contribution < 1.29 is 14.3 Å². The molecule has 7 nitrogen and oxygen atoms in total. The van der Waals surface area contributed by atoms with Crippen molar-refractivity contribution >= 4 is 28.8 Å². The van der Waals surface area contributed by atoms with Crippen molar-refractivity contribution in [2.75, 3.05) is 12.4 Å². The summed E-state index contributed by atoms with van der Waals surface area (Å²) in [6.45, 7) is 6.66. The standard InChI is InChI=1S/C23H25N3O4S/c1-4-23(3)12-18-15(13-30-23)11-17-20(24-18)25-22(31-14-19(27)29-5-2)26(21(17)28)16-9-7-6-8-10-16/h6-11H,4-5,12-14H2,1-3H3. The normalized spacial score (nSPS) is 18.0. The number of nitrogens with zero attached hydrogens (tertiary/aromatic N) is 3. The lowest BCUT2D eigenvalue weighted by Crippen LogP contribution is -2.35. The monoisotopic (exact) mass is 439 g/mol. The molecule has 0 bridgehead atoms. The Labute approximate surface area is 184 Å². The second kappa shape index (κ2) is 8.80. The van der Waals surface area contributed by atoms with Crippen molar-refractivity contribution in [3.05, 3.63) is 58.0 Å². The van der Waals surface area contributed by atoms with Gasteiger partial charge in [-0.3, -0.25) is 14.2 Å². The van der Waals surface area contributed by atoms with Gasteiger partial charge in [-0.1, -0.05) is 36.9 Å². The van der Waals surface area contributed by atoms with Gasteiger partial charge in [-0.05, 0) is 38.5 Å². The molecule has 162 valence electrons. The molecule has 0 radical (unpaired) electrons. The molecule has 4 rings (SSSR count). The summed E-state index contributed by atoms with van der Waals surface area (Å²) in [5, 5.41) is 0.848. The summed E-state index contributed by atoms with van der Waals surface area (Å²) in [5.74, 6) is -0.290. The molecule has 0 saturated carbocycles. The van der Waals surface area contributed by atoms with Crippen LogP contribution in [0.25, 0.3) is 16.7 Å². The molecule has 0 aliphatic carbocycles. The molecule has 3 aromatic rings. The van der Waals surface area contributed by atoms with Crippen molar-refractivity contribution in [3.63, 3.8) is 0 Å². The van der Waals surface area contributed by atoms with E-state index in [1.165, 1.54) is 16.3 Å². The van der Waals surface area contributed by atoms with Gasteiger partial charge in [0, 0.05) is 12.0 Å². The van der Waals surface area contributed by atoms with Crippen LogP contribution >= 0.6 is 11.8 Å². The van der Waals surface area contributed by atoms with Crippen LogP contribution in [-0.4, -0.2) is 38.5 Å². The van der Waals surface area contributed by atoms with Gasteiger partial charge in [-0.2, -0.15) is 0 Å². The fraction of sp³-hybridized carbons (Fsp3) is 0.391. The zero-order valence-corrected chi connectivity index (χ0v) is 18.7. The van der Waals surface area contributed by atoms with Gasteiger partial charge in [-0.25, -0.2) is 9.97 Å². The minimum Gasteiger partial charge on any atom is -0.465 e. The fourth-order valence-corrected chi connectivity index (χ4v) is 4.36. The van der Waals surface area contributed by atoms with Crippen LogP contribution in [0.4, 0.5) is 0 Å². The number of hydrogen-bond donors (Lipinski definition) is 0. The molecule has 0 spiro atoms. The van der Waals surface area contributed by atoms with Crippen LogP contribution in [0.3, 0.4) is 0 Å². The lowest BCUT2D eigenvalue weighted by atomic mass is 9.91. The van der Waals surface area contributed by atoms with Crippen LogP contribution < -0.4 is 5.56 Å². The third kappa shape index (κ3) is 4.36. The Morgan fingerprint density at radius 1 is 1.26 bits per heavy atom. The molecule has 1 aliphatic rings. The summed E-state index contributed by atoms with van der Waals surface area (Å²) in [7, 11) is 0. The predicted molar refractivity (Wildman–Crippen MR) is 120 cm³/mol. The van der Waals surface area contributed by atoms with Crippen molar-refractivity contribution in [3.8, 4) is 5.69 Å². The molecule has 1 aromatic carbocycles. The van der Waals surface area contributed by atoms with Crippen molar-refractivity contribution in [1.82, 2.24) is 14.5 Å². The van der Waals surface area contributed by atoms with Gasteiger partial charge >= 0.3 is 5.97 Å². The summed E-state index contributed by atoms with van der Waals surface area (Å²) in [6, 6.07) is 11.1. The van der Waals surface area contributed by atoms with Crippen LogP contribution in [0.1, 0.15) is 38.4 Å². The molecule has 31 heavy (non-hydrogen) atoms. The molecule has 3 heterocycles. The lowest BCUT2D eigenvalue weighted by molar-refractivity contribution is -0.139. The first-order chi connectivity index (χ1) is 14.9. The number of ether oxygens (including phenoxy) is 2. The first-order valence-electron chi connectivity index (χ1n) is 10.4. The minimum atomic E-state index is -0.351. The highest BCUT2D eigenvalue weighted by atomic mass is 32.2. The number of hydrogen-bond acceptors (Lipinski definition) is 7. The van der Waals surface area contributed by atoms with E-state index >= 15 is 0 Å². The van der Waals surface area contributed by atoms with E-state index in [4.69, 9.17) is 19.4 Å². The predicted octanol–water partition coefficient (Wildman–Crippen LogP) is 3.68. The van der Waals surface area contributed by atoms with E-state index in [2.05, 4.69) is 13.8 Å². The first-order valence-corrected chi connectivity index (χ1v) is 11.4. The zero-order valence-electron chi connectivity index (χ0n) is 17.9. The Morgan fingerprint density at radius 3 is 2.74 bits per heavy atom. The van der Waals surface area contributed by atoms with Gasteiger partial charge in [0.25, 0.3) is 5.56 Å². The maximum Gasteiger partial charge on any atom is 0.316 e. The second-order valence-electron chi connectivity index (χ2n) is 7.70. The molecule has 1 atom stereocenters. The summed E-state index contributed by atoms with van der Waals surface area (Å²) in [6.07, 6.45) is 1.54. The number of carbonyl (C=O) groups is 1. The minimum absolute atomic E-state index is 0.0608. The average Bonchev–Trinajstić information content (AvgIpc) is 2.77. The highest BCUT2D eigenvalue weighted by molar-refractivity contribution is 7.99. The SMILES string of the molecule is CCOC(=O)CSc1nc2nc3c(cc2c(=O)n1-c1ccccc1)COC(C)(CC)C3. The smallest absolute Gasteiger partial charge is 0.316 e. The van der Waals surface area contributed by atoms with Gasteiger partial charge in [0.1, 0.15) is 0 Å². The molecule has 1 aliphatic heterocycles. The summed E-state index contributed by atoms with van der Waals surface area (Å²) >= 11 is 1.17. The van der Waals surface area contributed by atoms with Crippen molar-refractivity contribution in [2.24, 2.45) is 0 Å². The average molecular weight is 440 g/mol. The Bertz CT molecular complexity index is 1180. The Morgan fingerprint density at radius 2 is 2.03 bits per heavy atom. The van der Waals surface area contributed by atoms with E-state index in [0.717, 1.165) is 17.7 Å². The van der Waals surface area contributed by atoms with Crippen LogP contribution in [0, 0.1) is 0 Å². The second-order valence-corrected chi connectivity index (χ2v) is 8.64. The fourth-order valence-electron chi connectivity index (χ4n) is 3.56. The van der Waals surface area contributed by atoms with Gasteiger partial charge in [0.15, 0.2) is 10.8 Å². The third-order valence-electron chi connectivity index (χ3n) is 5.50. The van der Waals surface area contributed by atoms with Crippen LogP contribution in [0.15, 0.2) is 46.3 Å². The molecular weight excluding hydrogens is 414 g/mol. The number of aromatic nitrogens is 3. The number of para-hydroxylation sites is 1. The molecule has 8 heteroatoms. The maximum absolute atomic E-state index is 13.5. The van der Waals surface area contributed by atoms with Crippen LogP contribution in [0.5, 0.6) is 0 Å². The van der Waals surface area contributed by atoms with E-state index in [-0.39, 0.29) is 22.9 Å². The molecule has 0 amide bonds. The van der Waals surface area contributed by atoms with E-state index in [0.29, 0.717) is 41.5 Å². The zero-order chi connectivity index (χ0) is 22.0. The molecule has 0 N–H and O–H groups in total. The maximum atomic E-state index is 13.5. The van der Waals surface area contributed by atoms with Gasteiger partial charge in [0.05, 0.1) is 41.3 Å². The summed E-state index contributed by atoms with van der Waals surface area (Å²) in [5.41, 5.74) is 2.41. The highest BCUT2D eigenvalue weighted by Gasteiger charge is 2.31. The van der Waals surface area contributed by atoms with Gasteiger partial charge in [-0.15, -0.1) is 0 Å². The van der Waals surface area contributed by atoms with Crippen LogP contribution in [0.2, 0.25) is 0 Å². The van der Waals surface area contributed by atoms with E-state index in [1.54, 1.807) is 6.92 Å². The lowest BCUT2D eigenvalue weighted by Gasteiger charge is -2.33. The molecule has 0 fully saturated rings. The molecule has 1 unspecified atom stereocenters. The Kier molecular flexibility index (Phi) is 6.11. The van der Waals surface area contributed by atoms with E-state index in [9.17, 15) is 9.59 Å². The quantitative estimate of drug-likeness (QED) is 0.329. The molecular formula is C23H25N3O4S. The number of thioether (sulfide) groups is 1. The Hall–Kier alpha value is -2.71. The topological polar surface area (TPSA) is 83.3 Å². The van der Waals surface area contributed by atoms with Crippen molar-refractivity contribution in [1.29, 1.82) is 0 Å². The Balaban J connectivity index is 1.85. The van der Waals surface area contributed by atoms with Gasteiger partial charge in [0.2, 0.25) is 0 Å². The first kappa shape index (κ1) is 21.5. The van der Waals surface area contributed by atoms with E-state index < -0.39 is 0 Å². The number of carbonyl (C=O) groups excluding carboxylic acids is 1. The third-order valence-corrected chi connectivity index (χ3v) is 6.41. The number of esters is 1. The summed E-state index contributed by atoms with van der Waals surface area (Å²) in [4.78, 5) is 34.9. The molecule has 0 saturated heterocycles. The summed E-state index contributed by atoms with van der Waals surface area (Å²) < 4.78 is 12.6. The number of pyridine rings is 1. The van der Waals surface area contributed by atoms with E-state index in [1.807, 2.05) is 36.4 Å². The van der Waals surface area contributed by atoms with Crippen molar-refractivity contribution in [2.45, 2.75) is 51.0 Å². The van der Waals surface area contributed by atoms with Crippen LogP contribution in [-0.2, 0) is 27.3 Å². The number of benzene rings is 1. The number of rotatable bonds is 6. The largest absolute Gasteiger partial charge is 0.465 e. The molecule has 2 aromatic heterocycles. The highest BCUT2D eigenvalue weighted by Crippen LogP contribution is 2.31.